The van der Waals surface area contributed by atoms with Gasteiger partial charge in [0, 0.05) is 17.0 Å². The van der Waals surface area contributed by atoms with E-state index in [0.717, 1.165) is 5.56 Å². The molecule has 0 aliphatic heterocycles. The van der Waals surface area contributed by atoms with Gasteiger partial charge < -0.3 is 5.41 Å². The van der Waals surface area contributed by atoms with Crippen molar-refractivity contribution in [1.29, 1.82) is 5.41 Å². The first-order chi connectivity index (χ1) is 8.39. The molecule has 0 radical (unpaired) electrons. The maximum atomic E-state index is 8.39. The summed E-state index contributed by atoms with van der Waals surface area (Å²) < 4.78 is 0. The van der Waals surface area contributed by atoms with Crippen LogP contribution in [-0.2, 0) is 0 Å². The lowest BCUT2D eigenvalue weighted by atomic mass is 9.81. The van der Waals surface area contributed by atoms with Crippen molar-refractivity contribution in [3.05, 3.63) is 59.2 Å². The molecule has 0 spiro atoms. The van der Waals surface area contributed by atoms with Gasteiger partial charge in [0.15, 0.2) is 0 Å². The molecule has 0 saturated heterocycles. The van der Waals surface area contributed by atoms with Gasteiger partial charge >= 0.3 is 0 Å². The fourth-order valence-electron chi connectivity index (χ4n) is 2.26. The van der Waals surface area contributed by atoms with E-state index in [0.29, 0.717) is 11.6 Å². The molecular weight excluding hydrogens is 218 g/mol. The number of hydrogen-bond donors (Lipinski definition) is 1. The maximum Gasteiger partial charge on any atom is 0.0442 e. The molecular formula is C17H21N. The maximum absolute atomic E-state index is 8.39. The fourth-order valence-corrected chi connectivity index (χ4v) is 2.26. The van der Waals surface area contributed by atoms with E-state index in [-0.39, 0.29) is 5.41 Å². The minimum absolute atomic E-state index is 0.114. The molecule has 1 atom stereocenters. The van der Waals surface area contributed by atoms with Gasteiger partial charge in [0.2, 0.25) is 0 Å². The Labute approximate surface area is 110 Å². The van der Waals surface area contributed by atoms with Gasteiger partial charge in [0.25, 0.3) is 0 Å². The Morgan fingerprint density at radius 1 is 1.17 bits per heavy atom. The lowest BCUT2D eigenvalue weighted by molar-refractivity contribution is 0.588. The second kappa shape index (κ2) is 4.56. The van der Waals surface area contributed by atoms with E-state index in [9.17, 15) is 0 Å². The number of rotatable bonds is 2. The van der Waals surface area contributed by atoms with Crippen LogP contribution < -0.4 is 0 Å². The number of nitrogens with one attached hydrogen (secondary N) is 1. The van der Waals surface area contributed by atoms with Gasteiger partial charge in [-0.25, -0.2) is 0 Å². The van der Waals surface area contributed by atoms with E-state index < -0.39 is 0 Å². The van der Waals surface area contributed by atoms with Crippen LogP contribution in [0.2, 0.25) is 0 Å². The van der Waals surface area contributed by atoms with Crippen LogP contribution in [0, 0.1) is 10.8 Å². The minimum Gasteiger partial charge on any atom is -0.304 e. The Kier molecular flexibility index (Phi) is 3.25. The average Bonchev–Trinajstić information content (AvgIpc) is 2.73. The van der Waals surface area contributed by atoms with E-state index in [1.54, 1.807) is 0 Å². The van der Waals surface area contributed by atoms with Crippen molar-refractivity contribution in [2.75, 3.05) is 0 Å². The molecule has 1 unspecified atom stereocenters. The fraction of sp³-hybridized carbons (Fsp3) is 0.353. The van der Waals surface area contributed by atoms with Crippen molar-refractivity contribution in [3.8, 4) is 0 Å². The van der Waals surface area contributed by atoms with E-state index in [1.807, 2.05) is 6.07 Å². The molecule has 0 fully saturated rings. The van der Waals surface area contributed by atoms with Crippen LogP contribution in [0.25, 0.3) is 0 Å². The molecule has 1 aromatic carbocycles. The number of benzene rings is 1. The third-order valence-corrected chi connectivity index (χ3v) is 3.35. The smallest absolute Gasteiger partial charge is 0.0442 e. The highest BCUT2D eigenvalue weighted by molar-refractivity contribution is 6.03. The lowest BCUT2D eigenvalue weighted by Crippen LogP contribution is -2.22. The molecule has 1 aliphatic carbocycles. The van der Waals surface area contributed by atoms with Crippen molar-refractivity contribution in [3.63, 3.8) is 0 Å². The topological polar surface area (TPSA) is 23.9 Å². The van der Waals surface area contributed by atoms with Crippen LogP contribution in [0.5, 0.6) is 0 Å². The van der Waals surface area contributed by atoms with Crippen molar-refractivity contribution in [2.45, 2.75) is 33.6 Å². The van der Waals surface area contributed by atoms with Crippen molar-refractivity contribution < 1.29 is 0 Å². The first-order valence-electron chi connectivity index (χ1n) is 6.44. The normalized spacial score (nSPS) is 18.9. The van der Waals surface area contributed by atoms with Crippen LogP contribution in [0.3, 0.4) is 0 Å². The molecule has 1 heteroatoms. The predicted octanol–water partition coefficient (Wildman–Crippen LogP) is 4.70. The van der Waals surface area contributed by atoms with Crippen LogP contribution in [-0.4, -0.2) is 5.71 Å². The van der Waals surface area contributed by atoms with Crippen molar-refractivity contribution >= 4 is 5.71 Å². The van der Waals surface area contributed by atoms with Crippen LogP contribution in [0.1, 0.15) is 44.7 Å². The Bertz CT molecular complexity index is 527. The summed E-state index contributed by atoms with van der Waals surface area (Å²) in [5, 5.41) is 8.39. The third-order valence-electron chi connectivity index (χ3n) is 3.35. The highest BCUT2D eigenvalue weighted by Gasteiger charge is 2.23. The van der Waals surface area contributed by atoms with Crippen molar-refractivity contribution in [2.24, 2.45) is 5.41 Å². The van der Waals surface area contributed by atoms with Gasteiger partial charge in [-0.2, -0.15) is 0 Å². The van der Waals surface area contributed by atoms with Gasteiger partial charge in [0.1, 0.15) is 0 Å². The van der Waals surface area contributed by atoms with Crippen molar-refractivity contribution in [1.82, 2.24) is 0 Å². The molecule has 1 nitrogen and oxygen atoms in total. The van der Waals surface area contributed by atoms with Gasteiger partial charge in [-0.15, -0.1) is 0 Å². The molecule has 0 bridgehead atoms. The van der Waals surface area contributed by atoms with E-state index >= 15 is 0 Å². The number of allylic oxidation sites excluding steroid dienone is 4. The zero-order chi connectivity index (χ0) is 13.3. The molecule has 94 valence electrons. The van der Waals surface area contributed by atoms with Crippen LogP contribution >= 0.6 is 0 Å². The molecule has 0 saturated carbocycles. The Balaban J connectivity index is 2.45. The molecule has 0 amide bonds. The third kappa shape index (κ3) is 2.45. The first-order valence-corrected chi connectivity index (χ1v) is 6.44. The molecule has 1 aliphatic rings. The van der Waals surface area contributed by atoms with Gasteiger partial charge in [0.05, 0.1) is 0 Å². The molecule has 0 aromatic heterocycles. The summed E-state index contributed by atoms with van der Waals surface area (Å²) in [4.78, 5) is 0. The molecule has 1 N–H and O–H groups in total. The summed E-state index contributed by atoms with van der Waals surface area (Å²) in [6.07, 6.45) is 6.63. The predicted molar refractivity (Wildman–Crippen MR) is 78.4 cm³/mol. The summed E-state index contributed by atoms with van der Waals surface area (Å²) in [5.41, 5.74) is 4.22. The zero-order valence-corrected chi connectivity index (χ0v) is 11.6. The average molecular weight is 239 g/mol. The molecule has 18 heavy (non-hydrogen) atoms. The van der Waals surface area contributed by atoms with Gasteiger partial charge in [-0.1, -0.05) is 68.8 Å². The minimum atomic E-state index is -0.114. The molecule has 2 rings (SSSR count). The summed E-state index contributed by atoms with van der Waals surface area (Å²) in [7, 11) is 0. The first kappa shape index (κ1) is 12.8. The Morgan fingerprint density at radius 3 is 2.39 bits per heavy atom. The summed E-state index contributed by atoms with van der Waals surface area (Å²) in [5.74, 6) is 0.323. The van der Waals surface area contributed by atoms with Gasteiger partial charge in [-0.3, -0.25) is 0 Å². The molecule has 0 heterocycles. The molecule has 1 aromatic rings. The lowest BCUT2D eigenvalue weighted by Gasteiger charge is -2.23. The quantitative estimate of drug-likeness (QED) is 0.723. The Morgan fingerprint density at radius 2 is 1.83 bits per heavy atom. The number of hydrogen-bond acceptors (Lipinski definition) is 1. The van der Waals surface area contributed by atoms with Crippen LogP contribution in [0.4, 0.5) is 0 Å². The van der Waals surface area contributed by atoms with E-state index in [4.69, 9.17) is 5.41 Å². The summed E-state index contributed by atoms with van der Waals surface area (Å²) >= 11 is 0. The largest absolute Gasteiger partial charge is 0.304 e. The zero-order valence-electron chi connectivity index (χ0n) is 11.6. The van der Waals surface area contributed by atoms with Crippen LogP contribution in [0.15, 0.2) is 48.1 Å². The summed E-state index contributed by atoms with van der Waals surface area (Å²) in [6, 6.07) is 8.29. The second-order valence-corrected chi connectivity index (χ2v) is 6.01. The second-order valence-electron chi connectivity index (χ2n) is 6.01. The monoisotopic (exact) mass is 239 g/mol. The highest BCUT2D eigenvalue weighted by Crippen LogP contribution is 2.32. The van der Waals surface area contributed by atoms with E-state index in [2.05, 4.69) is 64.1 Å². The SMILES string of the molecule is CC1=CC(c2ccccc2C(=N)C(C)(C)C)C=C1. The van der Waals surface area contributed by atoms with E-state index in [1.165, 1.54) is 11.1 Å². The highest BCUT2D eigenvalue weighted by atomic mass is 14.5. The summed E-state index contributed by atoms with van der Waals surface area (Å²) in [6.45, 7) is 8.40. The standard InChI is InChI=1S/C17H21N/c1-12-9-10-13(11-12)14-7-5-6-8-15(14)16(18)17(2,3)4/h5-11,13,18H,1-4H3. The Hall–Kier alpha value is -1.63. The van der Waals surface area contributed by atoms with Gasteiger partial charge in [-0.05, 0) is 18.1 Å².